The van der Waals surface area contributed by atoms with Crippen LogP contribution in [-0.2, 0) is 11.4 Å². The van der Waals surface area contributed by atoms with Crippen molar-refractivity contribution in [2.45, 2.75) is 25.5 Å². The van der Waals surface area contributed by atoms with Gasteiger partial charge in [-0.2, -0.15) is 0 Å². The number of hydrogen-bond donors (Lipinski definition) is 2. The Hall–Kier alpha value is -2.34. The number of benzene rings is 1. The molecule has 0 aliphatic heterocycles. The zero-order valence-corrected chi connectivity index (χ0v) is 13.2. The molecule has 1 saturated carbocycles. The molecule has 5 nitrogen and oxygen atoms in total. The first-order chi connectivity index (χ1) is 11.1. The number of hydrogen-bond acceptors (Lipinski definition) is 4. The predicted octanol–water partition coefficient (Wildman–Crippen LogP) is 2.92. The second-order valence-corrected chi connectivity index (χ2v) is 6.55. The van der Waals surface area contributed by atoms with Gasteiger partial charge in [-0.25, -0.2) is 4.79 Å². The lowest BCUT2D eigenvalue weighted by Crippen LogP contribution is -2.42. The van der Waals surface area contributed by atoms with E-state index in [9.17, 15) is 14.7 Å². The molecule has 23 heavy (non-hydrogen) atoms. The van der Waals surface area contributed by atoms with E-state index < -0.39 is 12.0 Å². The molecule has 1 unspecified atom stereocenters. The molecule has 1 aromatic heterocycles. The Morgan fingerprint density at radius 3 is 2.78 bits per heavy atom. The van der Waals surface area contributed by atoms with Gasteiger partial charge in [0, 0.05) is 10.4 Å². The Morgan fingerprint density at radius 2 is 2.13 bits per heavy atom. The fraction of sp³-hybridized carbons (Fsp3) is 0.294. The summed E-state index contributed by atoms with van der Waals surface area (Å²) in [5.41, 5.74) is 0.403. The van der Waals surface area contributed by atoms with Crippen molar-refractivity contribution >= 4 is 23.2 Å². The Morgan fingerprint density at radius 1 is 1.30 bits per heavy atom. The molecule has 1 atom stereocenters. The minimum absolute atomic E-state index is 0.0507. The summed E-state index contributed by atoms with van der Waals surface area (Å²) < 4.78 is 5.67. The predicted molar refractivity (Wildman–Crippen MR) is 86.7 cm³/mol. The van der Waals surface area contributed by atoms with Crippen molar-refractivity contribution in [1.29, 1.82) is 0 Å². The number of carbonyl (C=O) groups excluding carboxylic acids is 1. The van der Waals surface area contributed by atoms with E-state index >= 15 is 0 Å². The molecule has 3 rings (SSSR count). The summed E-state index contributed by atoms with van der Waals surface area (Å²) in [5, 5.41) is 13.8. The molecule has 1 amide bonds. The lowest BCUT2D eigenvalue weighted by atomic mass is 10.1. The fourth-order valence-corrected chi connectivity index (χ4v) is 2.93. The van der Waals surface area contributed by atoms with E-state index in [2.05, 4.69) is 5.32 Å². The molecule has 0 spiro atoms. The van der Waals surface area contributed by atoms with Crippen molar-refractivity contribution in [3.63, 3.8) is 0 Å². The van der Waals surface area contributed by atoms with Crippen molar-refractivity contribution < 1.29 is 19.4 Å². The van der Waals surface area contributed by atoms with Crippen molar-refractivity contribution in [2.75, 3.05) is 0 Å². The minimum Gasteiger partial charge on any atom is -0.488 e. The summed E-state index contributed by atoms with van der Waals surface area (Å²) in [6.45, 7) is 0.447. The maximum absolute atomic E-state index is 12.2. The van der Waals surface area contributed by atoms with Crippen LogP contribution >= 0.6 is 11.3 Å². The van der Waals surface area contributed by atoms with Gasteiger partial charge in [0.25, 0.3) is 5.91 Å². The van der Waals surface area contributed by atoms with Crippen LogP contribution in [0, 0.1) is 5.92 Å². The van der Waals surface area contributed by atoms with Gasteiger partial charge < -0.3 is 15.2 Å². The van der Waals surface area contributed by atoms with E-state index in [1.807, 2.05) is 17.5 Å². The number of carboxylic acids is 1. The first kappa shape index (κ1) is 15.6. The van der Waals surface area contributed by atoms with Crippen LogP contribution < -0.4 is 10.1 Å². The summed E-state index contributed by atoms with van der Waals surface area (Å²) in [6, 6.07) is 9.92. The molecule has 1 fully saturated rings. The molecule has 1 aliphatic carbocycles. The van der Waals surface area contributed by atoms with Crippen LogP contribution in [0.15, 0.2) is 41.8 Å². The Bertz CT molecular complexity index is 694. The quantitative estimate of drug-likeness (QED) is 0.818. The molecule has 2 aromatic rings. The van der Waals surface area contributed by atoms with Gasteiger partial charge >= 0.3 is 5.97 Å². The molecule has 0 saturated heterocycles. The van der Waals surface area contributed by atoms with Crippen LogP contribution in [-0.4, -0.2) is 23.0 Å². The lowest BCUT2D eigenvalue weighted by molar-refractivity contribution is -0.139. The molecule has 1 heterocycles. The van der Waals surface area contributed by atoms with Crippen LogP contribution in [0.1, 0.15) is 28.1 Å². The smallest absolute Gasteiger partial charge is 0.326 e. The highest BCUT2D eigenvalue weighted by atomic mass is 32.1. The summed E-state index contributed by atoms with van der Waals surface area (Å²) in [6.07, 6.45) is 1.70. The normalized spacial score (nSPS) is 15.0. The molecule has 1 aromatic carbocycles. The molecule has 6 heteroatoms. The topological polar surface area (TPSA) is 75.6 Å². The van der Waals surface area contributed by atoms with Gasteiger partial charge in [-0.15, -0.1) is 11.3 Å². The number of aliphatic carboxylic acids is 1. The summed E-state index contributed by atoms with van der Waals surface area (Å²) in [5.74, 6) is -0.726. The van der Waals surface area contributed by atoms with Crippen molar-refractivity contribution in [3.05, 3.63) is 52.2 Å². The van der Waals surface area contributed by atoms with Gasteiger partial charge in [-0.3, -0.25) is 4.79 Å². The number of carbonyl (C=O) groups is 2. The van der Waals surface area contributed by atoms with Gasteiger partial charge in [0.1, 0.15) is 18.4 Å². The Labute approximate surface area is 137 Å². The van der Waals surface area contributed by atoms with Crippen molar-refractivity contribution in [3.8, 4) is 5.75 Å². The van der Waals surface area contributed by atoms with Crippen LogP contribution in [0.2, 0.25) is 0 Å². The molecule has 0 bridgehead atoms. The largest absolute Gasteiger partial charge is 0.488 e. The molecular formula is C17H17NO4S. The summed E-state index contributed by atoms with van der Waals surface area (Å²) in [4.78, 5) is 24.6. The highest BCUT2D eigenvalue weighted by molar-refractivity contribution is 7.09. The average molecular weight is 331 g/mol. The first-order valence-electron chi connectivity index (χ1n) is 7.42. The van der Waals surface area contributed by atoms with Crippen LogP contribution in [0.3, 0.4) is 0 Å². The van der Waals surface area contributed by atoms with Crippen molar-refractivity contribution in [2.24, 2.45) is 5.92 Å². The molecule has 0 radical (unpaired) electrons. The SMILES string of the molecule is O=C(NC(C(=O)O)C1CC1)c1cccc(OCc2cccs2)c1. The van der Waals surface area contributed by atoms with E-state index in [1.165, 1.54) is 0 Å². The number of carboxylic acid groups (broad SMARTS) is 1. The highest BCUT2D eigenvalue weighted by Gasteiger charge is 2.37. The van der Waals surface area contributed by atoms with E-state index in [4.69, 9.17) is 4.74 Å². The van der Waals surface area contributed by atoms with Gasteiger partial charge in [0.05, 0.1) is 0 Å². The number of rotatable bonds is 7. The van der Waals surface area contributed by atoms with E-state index in [0.29, 0.717) is 17.9 Å². The number of nitrogens with one attached hydrogen (secondary N) is 1. The van der Waals surface area contributed by atoms with Gasteiger partial charge in [-0.05, 0) is 48.4 Å². The summed E-state index contributed by atoms with van der Waals surface area (Å²) in [7, 11) is 0. The second-order valence-electron chi connectivity index (χ2n) is 5.52. The van der Waals surface area contributed by atoms with Gasteiger partial charge in [-0.1, -0.05) is 12.1 Å². The molecule has 120 valence electrons. The molecular weight excluding hydrogens is 314 g/mol. The van der Waals surface area contributed by atoms with E-state index in [-0.39, 0.29) is 11.8 Å². The Balaban J connectivity index is 1.63. The van der Waals surface area contributed by atoms with Crippen LogP contribution in [0.5, 0.6) is 5.75 Å². The van der Waals surface area contributed by atoms with Crippen molar-refractivity contribution in [1.82, 2.24) is 5.32 Å². The maximum Gasteiger partial charge on any atom is 0.326 e. The molecule has 2 N–H and O–H groups in total. The third-order valence-corrected chi connectivity index (χ3v) is 4.55. The van der Waals surface area contributed by atoms with E-state index in [0.717, 1.165) is 17.7 Å². The van der Waals surface area contributed by atoms with Crippen LogP contribution in [0.25, 0.3) is 0 Å². The maximum atomic E-state index is 12.2. The standard InChI is InChI=1S/C17H17NO4S/c19-16(18-15(17(20)21)11-6-7-11)12-3-1-4-13(9-12)22-10-14-5-2-8-23-14/h1-5,8-9,11,15H,6-7,10H2,(H,18,19)(H,20,21). The Kier molecular flexibility index (Phi) is 4.62. The monoisotopic (exact) mass is 331 g/mol. The lowest BCUT2D eigenvalue weighted by Gasteiger charge is -2.14. The highest BCUT2D eigenvalue weighted by Crippen LogP contribution is 2.33. The average Bonchev–Trinajstić information content (AvgIpc) is 3.25. The zero-order chi connectivity index (χ0) is 16.2. The number of thiophene rings is 1. The minimum atomic E-state index is -0.981. The van der Waals surface area contributed by atoms with Crippen LogP contribution in [0.4, 0.5) is 0 Å². The third-order valence-electron chi connectivity index (χ3n) is 3.70. The van der Waals surface area contributed by atoms with Gasteiger partial charge in [0.15, 0.2) is 0 Å². The number of ether oxygens (including phenoxy) is 1. The zero-order valence-electron chi connectivity index (χ0n) is 12.4. The third kappa shape index (κ3) is 4.10. The fourth-order valence-electron chi connectivity index (χ4n) is 2.31. The number of amides is 1. The van der Waals surface area contributed by atoms with Gasteiger partial charge in [0.2, 0.25) is 0 Å². The summed E-state index contributed by atoms with van der Waals surface area (Å²) >= 11 is 1.60. The first-order valence-corrected chi connectivity index (χ1v) is 8.30. The molecule has 1 aliphatic rings. The van der Waals surface area contributed by atoms with E-state index in [1.54, 1.807) is 35.6 Å². The second kappa shape index (κ2) is 6.83.